The number of halogens is 2. The molecule has 0 aromatic heterocycles. The standard InChI is InChI=1S/C11H14ClFOS/c1-8(5-6-14)15-7-9-3-2-4-10(13)11(9)12/h2-4,8,14H,5-7H2,1H3. The number of thioether (sulfide) groups is 1. The Bertz CT molecular complexity index is 319. The molecule has 0 aliphatic carbocycles. The van der Waals surface area contributed by atoms with Crippen LogP contribution in [-0.2, 0) is 5.75 Å². The van der Waals surface area contributed by atoms with E-state index in [2.05, 4.69) is 0 Å². The number of benzene rings is 1. The molecule has 4 heteroatoms. The van der Waals surface area contributed by atoms with Crippen LogP contribution < -0.4 is 0 Å². The van der Waals surface area contributed by atoms with Gasteiger partial charge in [0.15, 0.2) is 0 Å². The molecule has 0 aliphatic heterocycles. The fraction of sp³-hybridized carbons (Fsp3) is 0.455. The van der Waals surface area contributed by atoms with E-state index in [1.165, 1.54) is 6.07 Å². The first kappa shape index (κ1) is 12.8. The van der Waals surface area contributed by atoms with Crippen molar-refractivity contribution in [1.29, 1.82) is 0 Å². The Morgan fingerprint density at radius 2 is 2.27 bits per heavy atom. The van der Waals surface area contributed by atoms with Crippen LogP contribution >= 0.6 is 23.4 Å². The van der Waals surface area contributed by atoms with Gasteiger partial charge in [-0.1, -0.05) is 30.7 Å². The Hall–Kier alpha value is -0.250. The SMILES string of the molecule is CC(CCO)SCc1cccc(F)c1Cl. The van der Waals surface area contributed by atoms with Crippen LogP contribution in [0.15, 0.2) is 18.2 Å². The van der Waals surface area contributed by atoms with Crippen molar-refractivity contribution in [2.45, 2.75) is 24.3 Å². The summed E-state index contributed by atoms with van der Waals surface area (Å²) in [5.41, 5.74) is 0.812. The van der Waals surface area contributed by atoms with Gasteiger partial charge in [0, 0.05) is 17.6 Å². The Morgan fingerprint density at radius 1 is 1.53 bits per heavy atom. The first-order chi connectivity index (χ1) is 7.15. The third kappa shape index (κ3) is 4.01. The Labute approximate surface area is 98.6 Å². The van der Waals surface area contributed by atoms with E-state index < -0.39 is 0 Å². The third-order valence-electron chi connectivity index (χ3n) is 2.09. The smallest absolute Gasteiger partial charge is 0.142 e. The maximum Gasteiger partial charge on any atom is 0.142 e. The lowest BCUT2D eigenvalue weighted by molar-refractivity contribution is 0.289. The van der Waals surface area contributed by atoms with E-state index in [0.717, 1.165) is 12.0 Å². The van der Waals surface area contributed by atoms with E-state index >= 15 is 0 Å². The highest BCUT2D eigenvalue weighted by molar-refractivity contribution is 7.99. The second-order valence-electron chi connectivity index (χ2n) is 3.35. The van der Waals surface area contributed by atoms with Gasteiger partial charge in [-0.05, 0) is 18.1 Å². The van der Waals surface area contributed by atoms with Gasteiger partial charge in [-0.2, -0.15) is 11.8 Å². The van der Waals surface area contributed by atoms with Crippen molar-refractivity contribution in [2.75, 3.05) is 6.61 Å². The number of hydrogen-bond donors (Lipinski definition) is 1. The number of hydrogen-bond acceptors (Lipinski definition) is 2. The molecule has 1 N–H and O–H groups in total. The van der Waals surface area contributed by atoms with Crippen molar-refractivity contribution in [1.82, 2.24) is 0 Å². The summed E-state index contributed by atoms with van der Waals surface area (Å²) in [6.45, 7) is 2.22. The zero-order valence-corrected chi connectivity index (χ0v) is 10.1. The number of rotatable bonds is 5. The van der Waals surface area contributed by atoms with Crippen LogP contribution in [0, 0.1) is 5.82 Å². The molecule has 1 nitrogen and oxygen atoms in total. The van der Waals surface area contributed by atoms with E-state index in [1.807, 2.05) is 13.0 Å². The van der Waals surface area contributed by atoms with Gasteiger partial charge < -0.3 is 5.11 Å². The van der Waals surface area contributed by atoms with Gasteiger partial charge in [0.25, 0.3) is 0 Å². The van der Waals surface area contributed by atoms with Crippen LogP contribution in [-0.4, -0.2) is 17.0 Å². The maximum atomic E-state index is 13.1. The van der Waals surface area contributed by atoms with E-state index in [4.69, 9.17) is 16.7 Å². The Morgan fingerprint density at radius 3 is 2.93 bits per heavy atom. The summed E-state index contributed by atoms with van der Waals surface area (Å²) in [7, 11) is 0. The summed E-state index contributed by atoms with van der Waals surface area (Å²) in [6, 6.07) is 4.84. The Balaban J connectivity index is 2.54. The lowest BCUT2D eigenvalue weighted by atomic mass is 10.2. The monoisotopic (exact) mass is 248 g/mol. The van der Waals surface area contributed by atoms with Crippen molar-refractivity contribution >= 4 is 23.4 Å². The van der Waals surface area contributed by atoms with Gasteiger partial charge in [-0.3, -0.25) is 0 Å². The molecule has 0 spiro atoms. The molecule has 0 bridgehead atoms. The highest BCUT2D eigenvalue weighted by Gasteiger charge is 2.07. The fourth-order valence-corrected chi connectivity index (χ4v) is 2.41. The Kier molecular flexibility index (Phi) is 5.43. The predicted octanol–water partition coefficient (Wildman–Crippen LogP) is 3.48. The molecule has 1 aromatic rings. The van der Waals surface area contributed by atoms with Crippen LogP contribution in [0.1, 0.15) is 18.9 Å². The van der Waals surface area contributed by atoms with Gasteiger partial charge in [0.1, 0.15) is 5.82 Å². The minimum absolute atomic E-state index is 0.186. The maximum absolute atomic E-state index is 13.1. The lowest BCUT2D eigenvalue weighted by Crippen LogP contribution is -2.00. The average molecular weight is 249 g/mol. The molecule has 15 heavy (non-hydrogen) atoms. The van der Waals surface area contributed by atoms with Gasteiger partial charge >= 0.3 is 0 Å². The molecular weight excluding hydrogens is 235 g/mol. The highest BCUT2D eigenvalue weighted by atomic mass is 35.5. The molecule has 0 fully saturated rings. The third-order valence-corrected chi connectivity index (χ3v) is 3.80. The minimum atomic E-state index is -0.371. The van der Waals surface area contributed by atoms with Gasteiger partial charge in [0.2, 0.25) is 0 Å². The topological polar surface area (TPSA) is 20.2 Å². The summed E-state index contributed by atoms with van der Waals surface area (Å²) < 4.78 is 13.1. The molecule has 0 aliphatic rings. The lowest BCUT2D eigenvalue weighted by Gasteiger charge is -2.10. The quantitative estimate of drug-likeness (QED) is 0.861. The summed E-state index contributed by atoms with van der Waals surface area (Å²) in [5, 5.41) is 9.30. The summed E-state index contributed by atoms with van der Waals surface area (Å²) in [5.74, 6) is 0.308. The van der Waals surface area contributed by atoms with Crippen molar-refractivity contribution in [3.8, 4) is 0 Å². The molecule has 1 unspecified atom stereocenters. The molecule has 0 heterocycles. The molecule has 1 rings (SSSR count). The van der Waals surface area contributed by atoms with Crippen LogP contribution in [0.3, 0.4) is 0 Å². The molecular formula is C11H14ClFOS. The van der Waals surface area contributed by atoms with Crippen LogP contribution in [0.5, 0.6) is 0 Å². The average Bonchev–Trinajstić information content (AvgIpc) is 2.21. The summed E-state index contributed by atoms with van der Waals surface area (Å²) in [4.78, 5) is 0. The predicted molar refractivity (Wildman–Crippen MR) is 63.9 cm³/mol. The zero-order valence-electron chi connectivity index (χ0n) is 8.54. The normalized spacial score (nSPS) is 12.8. The van der Waals surface area contributed by atoms with Gasteiger partial charge in [-0.15, -0.1) is 0 Å². The highest BCUT2D eigenvalue weighted by Crippen LogP contribution is 2.26. The van der Waals surface area contributed by atoms with Crippen LogP contribution in [0.25, 0.3) is 0 Å². The first-order valence-corrected chi connectivity index (χ1v) is 6.23. The number of aliphatic hydroxyl groups is 1. The van der Waals surface area contributed by atoms with E-state index in [-0.39, 0.29) is 17.4 Å². The molecule has 84 valence electrons. The second-order valence-corrected chi connectivity index (χ2v) is 5.15. The molecule has 0 amide bonds. The second kappa shape index (κ2) is 6.36. The molecule has 0 radical (unpaired) electrons. The number of aliphatic hydroxyl groups excluding tert-OH is 1. The zero-order chi connectivity index (χ0) is 11.3. The first-order valence-electron chi connectivity index (χ1n) is 4.80. The molecule has 1 aromatic carbocycles. The van der Waals surface area contributed by atoms with Crippen LogP contribution in [0.4, 0.5) is 4.39 Å². The van der Waals surface area contributed by atoms with Gasteiger partial charge in [-0.25, -0.2) is 4.39 Å². The van der Waals surface area contributed by atoms with E-state index in [1.54, 1.807) is 17.8 Å². The minimum Gasteiger partial charge on any atom is -0.396 e. The molecule has 0 saturated carbocycles. The largest absolute Gasteiger partial charge is 0.396 e. The van der Waals surface area contributed by atoms with Gasteiger partial charge in [0.05, 0.1) is 5.02 Å². The summed E-state index contributed by atoms with van der Waals surface area (Å²) in [6.07, 6.45) is 0.748. The molecule has 0 saturated heterocycles. The fourth-order valence-electron chi connectivity index (χ4n) is 1.16. The van der Waals surface area contributed by atoms with Crippen LogP contribution in [0.2, 0.25) is 5.02 Å². The van der Waals surface area contributed by atoms with E-state index in [0.29, 0.717) is 11.0 Å². The van der Waals surface area contributed by atoms with E-state index in [9.17, 15) is 4.39 Å². The van der Waals surface area contributed by atoms with Crippen molar-refractivity contribution in [3.05, 3.63) is 34.6 Å². The molecule has 1 atom stereocenters. The summed E-state index contributed by atoms with van der Waals surface area (Å²) >= 11 is 7.48. The van der Waals surface area contributed by atoms with Crippen molar-refractivity contribution < 1.29 is 9.50 Å². The van der Waals surface area contributed by atoms with Crippen molar-refractivity contribution in [2.24, 2.45) is 0 Å². The van der Waals surface area contributed by atoms with Crippen molar-refractivity contribution in [3.63, 3.8) is 0 Å².